The summed E-state index contributed by atoms with van der Waals surface area (Å²) in [4.78, 5) is 22.3. The third-order valence-electron chi connectivity index (χ3n) is 3.06. The van der Waals surface area contributed by atoms with Crippen LogP contribution in [0.3, 0.4) is 0 Å². The van der Waals surface area contributed by atoms with Gasteiger partial charge < -0.3 is 4.74 Å². The maximum Gasteiger partial charge on any atom is 0.386 e. The van der Waals surface area contributed by atoms with Gasteiger partial charge in [0.05, 0.1) is 12.8 Å². The highest BCUT2D eigenvalue weighted by molar-refractivity contribution is 9.10. The summed E-state index contributed by atoms with van der Waals surface area (Å²) >= 11 is 3.23. The molecular weight excluding hydrogens is 362 g/mol. The Kier molecular flexibility index (Phi) is 4.41. The fraction of sp³-hybridized carbons (Fsp3) is 0.214. The number of aromatic nitrogens is 2. The summed E-state index contributed by atoms with van der Waals surface area (Å²) in [6, 6.07) is 5.90. The molecule has 0 saturated carbocycles. The average Bonchev–Trinajstić information content (AvgIpc) is 2.88. The number of aldehydes is 1. The number of methoxy groups -OCH3 is 1. The summed E-state index contributed by atoms with van der Waals surface area (Å²) in [6.07, 6.45) is 0.616. The number of esters is 1. The van der Waals surface area contributed by atoms with E-state index < -0.39 is 17.6 Å². The maximum absolute atomic E-state index is 13.9. The highest BCUT2D eigenvalue weighted by Gasteiger charge is 2.45. The minimum atomic E-state index is -3.86. The van der Waals surface area contributed by atoms with Gasteiger partial charge in [-0.1, -0.05) is 22.0 Å². The topological polar surface area (TPSA) is 61.2 Å². The Hall–Kier alpha value is -2.09. The van der Waals surface area contributed by atoms with Crippen molar-refractivity contribution in [1.29, 1.82) is 0 Å². The third kappa shape index (κ3) is 2.78. The lowest BCUT2D eigenvalue weighted by Crippen LogP contribution is -2.27. The zero-order valence-corrected chi connectivity index (χ0v) is 13.2. The van der Waals surface area contributed by atoms with E-state index in [1.165, 1.54) is 11.7 Å². The first-order valence-corrected chi connectivity index (χ1v) is 6.86. The van der Waals surface area contributed by atoms with Crippen LogP contribution in [0, 0.1) is 0 Å². The number of carbonyl (C=O) groups excluding carboxylic acids is 2. The second kappa shape index (κ2) is 5.96. The van der Waals surface area contributed by atoms with Crippen molar-refractivity contribution in [3.63, 3.8) is 0 Å². The molecular formula is C14H11BrF2N2O3. The van der Waals surface area contributed by atoms with Crippen molar-refractivity contribution in [3.8, 4) is 11.3 Å². The van der Waals surface area contributed by atoms with Crippen LogP contribution in [-0.2, 0) is 22.5 Å². The van der Waals surface area contributed by atoms with Crippen molar-refractivity contribution in [2.24, 2.45) is 7.05 Å². The first-order chi connectivity index (χ1) is 10.3. The lowest BCUT2D eigenvalue weighted by Gasteiger charge is -2.09. The van der Waals surface area contributed by atoms with Crippen LogP contribution in [0.2, 0.25) is 0 Å². The van der Waals surface area contributed by atoms with Gasteiger partial charge >= 0.3 is 11.9 Å². The molecule has 0 unspecified atom stereocenters. The van der Waals surface area contributed by atoms with Gasteiger partial charge in [0.1, 0.15) is 5.69 Å². The lowest BCUT2D eigenvalue weighted by atomic mass is 10.0. The van der Waals surface area contributed by atoms with Crippen molar-refractivity contribution in [2.45, 2.75) is 5.92 Å². The van der Waals surface area contributed by atoms with Crippen LogP contribution in [-0.4, -0.2) is 29.1 Å². The summed E-state index contributed by atoms with van der Waals surface area (Å²) in [5.74, 6) is -5.55. The second-order valence-electron chi connectivity index (χ2n) is 4.45. The second-order valence-corrected chi connectivity index (χ2v) is 5.37. The predicted molar refractivity (Wildman–Crippen MR) is 77.6 cm³/mol. The molecule has 0 radical (unpaired) electrons. The van der Waals surface area contributed by atoms with E-state index in [-0.39, 0.29) is 5.69 Å². The number of hydrogen-bond donors (Lipinski definition) is 0. The third-order valence-corrected chi connectivity index (χ3v) is 3.55. The quantitative estimate of drug-likeness (QED) is 0.611. The van der Waals surface area contributed by atoms with E-state index in [4.69, 9.17) is 0 Å². The molecule has 0 fully saturated rings. The molecule has 0 amide bonds. The number of rotatable bonds is 4. The van der Waals surface area contributed by atoms with Crippen LogP contribution in [0.15, 0.2) is 28.7 Å². The summed E-state index contributed by atoms with van der Waals surface area (Å²) in [7, 11) is 2.32. The van der Waals surface area contributed by atoms with Crippen LogP contribution < -0.4 is 0 Å². The van der Waals surface area contributed by atoms with E-state index in [0.717, 1.165) is 13.2 Å². The van der Waals surface area contributed by atoms with Gasteiger partial charge in [0, 0.05) is 22.6 Å². The summed E-state index contributed by atoms with van der Waals surface area (Å²) in [6.45, 7) is 0. The number of aryl methyl sites for hydroxylation is 1. The van der Waals surface area contributed by atoms with E-state index >= 15 is 0 Å². The molecule has 1 heterocycles. The van der Waals surface area contributed by atoms with Crippen LogP contribution >= 0.6 is 15.9 Å². The number of nitrogens with zero attached hydrogens (tertiary/aromatic N) is 2. The van der Waals surface area contributed by atoms with Gasteiger partial charge in [-0.3, -0.25) is 9.48 Å². The van der Waals surface area contributed by atoms with Crippen LogP contribution in [0.4, 0.5) is 8.78 Å². The van der Waals surface area contributed by atoms with Crippen molar-refractivity contribution >= 4 is 28.2 Å². The van der Waals surface area contributed by atoms with E-state index in [9.17, 15) is 18.4 Å². The average molecular weight is 373 g/mol. The maximum atomic E-state index is 13.9. The molecule has 0 bridgehead atoms. The SMILES string of the molecule is COC(=O)C(F)(F)c1cc(-c2ccc(Br)cc2C=O)n(C)n1. The Morgan fingerprint density at radius 3 is 2.68 bits per heavy atom. The highest BCUT2D eigenvalue weighted by atomic mass is 79.9. The number of carbonyl (C=O) groups is 2. The van der Waals surface area contributed by atoms with Gasteiger partial charge in [-0.25, -0.2) is 4.79 Å². The van der Waals surface area contributed by atoms with Gasteiger partial charge in [-0.2, -0.15) is 13.9 Å². The molecule has 2 rings (SSSR count). The molecule has 0 aliphatic rings. The molecule has 2 aromatic rings. The molecule has 1 aromatic heterocycles. The Morgan fingerprint density at radius 2 is 2.09 bits per heavy atom. The number of alkyl halides is 2. The number of benzene rings is 1. The largest absolute Gasteiger partial charge is 0.464 e. The monoisotopic (exact) mass is 372 g/mol. The Morgan fingerprint density at radius 1 is 1.41 bits per heavy atom. The Balaban J connectivity index is 2.56. The molecule has 0 aliphatic carbocycles. The molecule has 1 aromatic carbocycles. The predicted octanol–water partition coefficient (Wildman–Crippen LogP) is 2.93. The van der Waals surface area contributed by atoms with Gasteiger partial charge in [-0.15, -0.1) is 0 Å². The molecule has 8 heteroatoms. The molecule has 5 nitrogen and oxygen atoms in total. The molecule has 0 aliphatic heterocycles. The van der Waals surface area contributed by atoms with Crippen LogP contribution in [0.5, 0.6) is 0 Å². The van der Waals surface area contributed by atoms with Gasteiger partial charge in [0.2, 0.25) is 0 Å². The molecule has 0 N–H and O–H groups in total. The van der Waals surface area contributed by atoms with Crippen molar-refractivity contribution in [1.82, 2.24) is 9.78 Å². The molecule has 22 heavy (non-hydrogen) atoms. The Labute approximate surface area is 133 Å². The molecule has 0 saturated heterocycles. The van der Waals surface area contributed by atoms with Crippen molar-refractivity contribution in [3.05, 3.63) is 40.0 Å². The normalized spacial score (nSPS) is 11.3. The fourth-order valence-electron chi connectivity index (χ4n) is 1.97. The summed E-state index contributed by atoms with van der Waals surface area (Å²) in [5, 5.41) is 3.66. The van der Waals surface area contributed by atoms with Gasteiger partial charge in [0.25, 0.3) is 0 Å². The smallest absolute Gasteiger partial charge is 0.386 e. The van der Waals surface area contributed by atoms with E-state index in [1.807, 2.05) is 0 Å². The van der Waals surface area contributed by atoms with Crippen molar-refractivity contribution in [2.75, 3.05) is 7.11 Å². The van der Waals surface area contributed by atoms with E-state index in [2.05, 4.69) is 25.8 Å². The zero-order valence-electron chi connectivity index (χ0n) is 11.6. The van der Waals surface area contributed by atoms with Gasteiger partial charge in [-0.05, 0) is 18.2 Å². The molecule has 0 atom stereocenters. The summed E-state index contributed by atoms with van der Waals surface area (Å²) < 4.78 is 33.7. The van der Waals surface area contributed by atoms with Crippen molar-refractivity contribution < 1.29 is 23.1 Å². The molecule has 0 spiro atoms. The van der Waals surface area contributed by atoms with E-state index in [0.29, 0.717) is 21.9 Å². The minimum Gasteiger partial charge on any atom is -0.464 e. The van der Waals surface area contributed by atoms with Gasteiger partial charge in [0.15, 0.2) is 6.29 Å². The zero-order chi connectivity index (χ0) is 16.5. The summed E-state index contributed by atoms with van der Waals surface area (Å²) in [5.41, 5.74) is 0.287. The standard InChI is InChI=1S/C14H11BrF2N2O3/c1-19-11(10-4-3-9(15)5-8(10)7-20)6-12(18-19)14(16,17)13(21)22-2/h3-7H,1-2H3. The minimum absolute atomic E-state index is 0.285. The Bertz CT molecular complexity index is 744. The first kappa shape index (κ1) is 16.3. The highest BCUT2D eigenvalue weighted by Crippen LogP contribution is 2.33. The number of ether oxygens (including phenoxy) is 1. The lowest BCUT2D eigenvalue weighted by molar-refractivity contribution is -0.170. The first-order valence-electron chi connectivity index (χ1n) is 6.07. The van der Waals surface area contributed by atoms with Crippen LogP contribution in [0.25, 0.3) is 11.3 Å². The van der Waals surface area contributed by atoms with Crippen LogP contribution in [0.1, 0.15) is 16.1 Å². The molecule has 116 valence electrons. The number of halogens is 3. The van der Waals surface area contributed by atoms with E-state index in [1.54, 1.807) is 18.2 Å². The fourth-order valence-corrected chi connectivity index (χ4v) is 2.35. The number of hydrogen-bond acceptors (Lipinski definition) is 4.